The van der Waals surface area contributed by atoms with E-state index in [1.165, 1.54) is 0 Å². The molecule has 3 aliphatic rings. The molecule has 4 rings (SSSR count). The van der Waals surface area contributed by atoms with Crippen molar-refractivity contribution in [2.45, 2.75) is 38.1 Å². The maximum absolute atomic E-state index is 12.9. The lowest BCUT2D eigenvalue weighted by molar-refractivity contribution is -0.139. The first-order chi connectivity index (χ1) is 12.1. The van der Waals surface area contributed by atoms with Crippen molar-refractivity contribution in [3.63, 3.8) is 0 Å². The highest BCUT2D eigenvalue weighted by Gasteiger charge is 2.45. The van der Waals surface area contributed by atoms with Gasteiger partial charge in [0.2, 0.25) is 11.8 Å². The van der Waals surface area contributed by atoms with Gasteiger partial charge in [0.15, 0.2) is 0 Å². The van der Waals surface area contributed by atoms with Crippen molar-refractivity contribution in [1.82, 2.24) is 19.7 Å². The minimum Gasteiger partial charge on any atom is -0.333 e. The van der Waals surface area contributed by atoms with Crippen LogP contribution in [0.3, 0.4) is 0 Å². The van der Waals surface area contributed by atoms with Crippen LogP contribution in [-0.4, -0.2) is 71.3 Å². The van der Waals surface area contributed by atoms with Crippen molar-refractivity contribution in [1.29, 1.82) is 0 Å². The Balaban J connectivity index is 1.40. The monoisotopic (exact) mass is 362 g/mol. The van der Waals surface area contributed by atoms with Crippen LogP contribution in [0.15, 0.2) is 11.6 Å². The molecule has 1 unspecified atom stereocenters. The number of likely N-dealkylation sites (tertiary alicyclic amines) is 3. The van der Waals surface area contributed by atoms with Crippen molar-refractivity contribution < 1.29 is 9.59 Å². The minimum absolute atomic E-state index is 0.0797. The third-order valence-electron chi connectivity index (χ3n) is 6.09. The van der Waals surface area contributed by atoms with Crippen molar-refractivity contribution in [2.24, 2.45) is 5.41 Å². The molecule has 0 N–H and O–H groups in total. The van der Waals surface area contributed by atoms with E-state index in [4.69, 9.17) is 0 Å². The Labute approximate surface area is 152 Å². The van der Waals surface area contributed by atoms with Gasteiger partial charge < -0.3 is 14.7 Å². The molecule has 6 nitrogen and oxygen atoms in total. The van der Waals surface area contributed by atoms with Crippen LogP contribution >= 0.6 is 11.3 Å². The van der Waals surface area contributed by atoms with Crippen molar-refractivity contribution in [3.05, 3.63) is 16.6 Å². The van der Waals surface area contributed by atoms with Gasteiger partial charge in [-0.15, -0.1) is 11.3 Å². The fraction of sp³-hybridized carbons (Fsp3) is 0.722. The second-order valence-corrected chi connectivity index (χ2v) is 8.77. The first-order valence-electron chi connectivity index (χ1n) is 9.22. The molecule has 1 aromatic heterocycles. The summed E-state index contributed by atoms with van der Waals surface area (Å²) in [6.07, 6.45) is 6.53. The van der Waals surface area contributed by atoms with E-state index in [0.29, 0.717) is 6.42 Å². The molecule has 136 valence electrons. The number of aromatic nitrogens is 1. The summed E-state index contributed by atoms with van der Waals surface area (Å²) in [5, 5.41) is 2.98. The fourth-order valence-electron chi connectivity index (χ4n) is 4.53. The first-order valence-corrected chi connectivity index (χ1v) is 10.1. The van der Waals surface area contributed by atoms with E-state index in [1.54, 1.807) is 17.5 Å². The number of piperidine rings is 1. The van der Waals surface area contributed by atoms with E-state index in [1.807, 2.05) is 15.2 Å². The maximum atomic E-state index is 12.9. The Morgan fingerprint density at radius 3 is 2.88 bits per heavy atom. The topological polar surface area (TPSA) is 56.8 Å². The smallest absolute Gasteiger partial charge is 0.242 e. The average Bonchev–Trinajstić information content (AvgIpc) is 3.31. The van der Waals surface area contributed by atoms with Crippen LogP contribution in [-0.2, 0) is 9.59 Å². The van der Waals surface area contributed by atoms with Gasteiger partial charge >= 0.3 is 0 Å². The van der Waals surface area contributed by atoms with Crippen LogP contribution in [0.5, 0.6) is 0 Å². The van der Waals surface area contributed by atoms with Gasteiger partial charge in [-0.3, -0.25) is 9.59 Å². The predicted molar refractivity (Wildman–Crippen MR) is 96.2 cm³/mol. The van der Waals surface area contributed by atoms with E-state index in [2.05, 4.69) is 16.9 Å². The van der Waals surface area contributed by atoms with Crippen LogP contribution in [0.2, 0.25) is 0 Å². The molecular weight excluding hydrogens is 336 g/mol. The standard InChI is InChI=1S/C18H26N4O2S/c1-20-8-4-18(5-9-20)11-15(23)21(13-18)12-16(24)22-7-2-3-14(22)17-19-6-10-25-17/h6,10,14H,2-5,7-9,11-13H2,1H3. The lowest BCUT2D eigenvalue weighted by Crippen LogP contribution is -2.43. The molecule has 3 aliphatic heterocycles. The zero-order chi connectivity index (χ0) is 17.4. The molecule has 0 radical (unpaired) electrons. The molecule has 0 saturated carbocycles. The third kappa shape index (κ3) is 3.31. The molecule has 3 saturated heterocycles. The maximum Gasteiger partial charge on any atom is 0.242 e. The van der Waals surface area contributed by atoms with Gasteiger partial charge in [0.05, 0.1) is 12.6 Å². The number of carbonyl (C=O) groups excluding carboxylic acids is 2. The lowest BCUT2D eigenvalue weighted by Gasteiger charge is -2.37. The van der Waals surface area contributed by atoms with Crippen LogP contribution in [0.1, 0.15) is 43.2 Å². The van der Waals surface area contributed by atoms with Crippen molar-refractivity contribution in [2.75, 3.05) is 39.8 Å². The number of rotatable bonds is 3. The quantitative estimate of drug-likeness (QED) is 0.822. The van der Waals surface area contributed by atoms with E-state index in [0.717, 1.165) is 56.9 Å². The van der Waals surface area contributed by atoms with Crippen molar-refractivity contribution >= 4 is 23.2 Å². The van der Waals surface area contributed by atoms with Crippen LogP contribution in [0.25, 0.3) is 0 Å². The number of hydrogen-bond donors (Lipinski definition) is 0. The molecule has 1 aromatic rings. The summed E-state index contributed by atoms with van der Waals surface area (Å²) in [6, 6.07) is 0.0995. The number of hydrogen-bond acceptors (Lipinski definition) is 5. The Bertz CT molecular complexity index is 640. The minimum atomic E-state index is 0.0797. The lowest BCUT2D eigenvalue weighted by atomic mass is 9.78. The fourth-order valence-corrected chi connectivity index (χ4v) is 5.31. The molecule has 0 aromatic carbocycles. The van der Waals surface area contributed by atoms with E-state index in [-0.39, 0.29) is 29.8 Å². The molecule has 25 heavy (non-hydrogen) atoms. The highest BCUT2D eigenvalue weighted by molar-refractivity contribution is 7.09. The van der Waals surface area contributed by atoms with Gasteiger partial charge in [0, 0.05) is 31.1 Å². The number of nitrogens with zero attached hydrogens (tertiary/aromatic N) is 4. The summed E-state index contributed by atoms with van der Waals surface area (Å²) in [5.41, 5.74) is 0.101. The number of amides is 2. The van der Waals surface area contributed by atoms with Crippen molar-refractivity contribution in [3.8, 4) is 0 Å². The summed E-state index contributed by atoms with van der Waals surface area (Å²) >= 11 is 1.61. The normalized spacial score (nSPS) is 26.8. The van der Waals surface area contributed by atoms with Gasteiger partial charge in [-0.1, -0.05) is 0 Å². The molecule has 2 amide bonds. The predicted octanol–water partition coefficient (Wildman–Crippen LogP) is 1.75. The number of thiazole rings is 1. The molecule has 1 spiro atoms. The Hall–Kier alpha value is -1.47. The molecule has 4 heterocycles. The summed E-state index contributed by atoms with van der Waals surface area (Å²) in [7, 11) is 2.14. The van der Waals surface area contributed by atoms with E-state index in [9.17, 15) is 9.59 Å². The van der Waals surface area contributed by atoms with Crippen LogP contribution < -0.4 is 0 Å². The Morgan fingerprint density at radius 2 is 2.16 bits per heavy atom. The van der Waals surface area contributed by atoms with Gasteiger partial charge in [-0.05, 0) is 51.2 Å². The molecule has 3 fully saturated rings. The van der Waals surface area contributed by atoms with Gasteiger partial charge in [0.1, 0.15) is 5.01 Å². The molecule has 7 heteroatoms. The zero-order valence-corrected chi connectivity index (χ0v) is 15.6. The SMILES string of the molecule is CN1CCC2(CC1)CC(=O)N(CC(=O)N1CCCC1c1nccs1)C2. The molecule has 0 bridgehead atoms. The van der Waals surface area contributed by atoms with E-state index >= 15 is 0 Å². The van der Waals surface area contributed by atoms with Gasteiger partial charge in [-0.25, -0.2) is 4.98 Å². The van der Waals surface area contributed by atoms with Crippen LogP contribution in [0.4, 0.5) is 0 Å². The third-order valence-corrected chi connectivity index (χ3v) is 6.97. The molecule has 0 aliphatic carbocycles. The van der Waals surface area contributed by atoms with Gasteiger partial charge in [-0.2, -0.15) is 0 Å². The Kier molecular flexibility index (Phi) is 4.54. The first kappa shape index (κ1) is 17.0. The average molecular weight is 362 g/mol. The summed E-state index contributed by atoms with van der Waals surface area (Å²) in [5.74, 6) is 0.235. The Morgan fingerprint density at radius 1 is 1.36 bits per heavy atom. The summed E-state index contributed by atoms with van der Waals surface area (Å²) in [4.78, 5) is 35.9. The number of carbonyl (C=O) groups is 2. The largest absolute Gasteiger partial charge is 0.333 e. The summed E-state index contributed by atoms with van der Waals surface area (Å²) in [6.45, 7) is 3.86. The molecule has 1 atom stereocenters. The second-order valence-electron chi connectivity index (χ2n) is 7.85. The summed E-state index contributed by atoms with van der Waals surface area (Å²) < 4.78 is 0. The highest BCUT2D eigenvalue weighted by Crippen LogP contribution is 2.41. The molecular formula is C18H26N4O2S. The zero-order valence-electron chi connectivity index (χ0n) is 14.8. The van der Waals surface area contributed by atoms with Gasteiger partial charge in [0.25, 0.3) is 0 Å². The second kappa shape index (κ2) is 6.68. The highest BCUT2D eigenvalue weighted by atomic mass is 32.1. The van der Waals surface area contributed by atoms with E-state index < -0.39 is 0 Å². The van der Waals surface area contributed by atoms with Crippen LogP contribution in [0, 0.1) is 5.41 Å².